The zero-order chi connectivity index (χ0) is 40.3. The van der Waals surface area contributed by atoms with Crippen LogP contribution in [-0.2, 0) is 11.3 Å². The minimum atomic E-state index is -3.31. The van der Waals surface area contributed by atoms with Gasteiger partial charge in [0.25, 0.3) is 5.92 Å². The van der Waals surface area contributed by atoms with Crippen molar-refractivity contribution in [3.63, 3.8) is 0 Å². The van der Waals surface area contributed by atoms with Gasteiger partial charge in [0.2, 0.25) is 0 Å². The fourth-order valence-corrected chi connectivity index (χ4v) is 8.45. The molecule has 10 rings (SSSR count). The number of pyridine rings is 3. The molecule has 1 aliphatic heterocycles. The number of hydrogen-bond acceptors (Lipinski definition) is 5. The fourth-order valence-electron chi connectivity index (χ4n) is 8.45. The molecule has 4 aromatic heterocycles. The lowest BCUT2D eigenvalue weighted by Gasteiger charge is -2.27. The van der Waals surface area contributed by atoms with Crippen LogP contribution in [-0.4, -0.2) is 26.2 Å². The minimum Gasteiger partial charge on any atom is -0.321 e. The van der Waals surface area contributed by atoms with E-state index < -0.39 is 5.92 Å². The van der Waals surface area contributed by atoms with Crippen LogP contribution in [0.1, 0.15) is 37.5 Å². The molecule has 1 aliphatic rings. The molecule has 0 atom stereocenters. The first-order valence-electron chi connectivity index (χ1n) is 19.7. The number of fused-ring (bicyclic) bond motifs is 4. The third kappa shape index (κ3) is 6.19. The van der Waals surface area contributed by atoms with Gasteiger partial charge < -0.3 is 9.80 Å². The van der Waals surface area contributed by atoms with Crippen LogP contribution < -0.4 is 9.80 Å². The highest BCUT2D eigenvalue weighted by Crippen LogP contribution is 2.50. The van der Waals surface area contributed by atoms with Gasteiger partial charge in [-0.3, -0.25) is 14.5 Å². The van der Waals surface area contributed by atoms with Gasteiger partial charge >= 0.3 is 0 Å². The summed E-state index contributed by atoms with van der Waals surface area (Å²) >= 11 is 0. The van der Waals surface area contributed by atoms with E-state index >= 15 is 8.78 Å². The number of nitrogens with zero attached hydrogens (tertiary/aromatic N) is 6. The minimum absolute atomic E-state index is 0.0875. The van der Waals surface area contributed by atoms with Gasteiger partial charge in [0.1, 0.15) is 12.5 Å². The van der Waals surface area contributed by atoms with Gasteiger partial charge in [-0.05, 0) is 94.9 Å². The number of aromatic nitrogens is 4. The van der Waals surface area contributed by atoms with Crippen molar-refractivity contribution in [1.82, 2.24) is 19.5 Å². The largest absolute Gasteiger partial charge is 0.321 e. The second-order valence-electron chi connectivity index (χ2n) is 16.0. The number of hydrogen-bond donors (Lipinski definition) is 0. The topological polar surface area (TPSA) is 50.1 Å². The Kier molecular flexibility index (Phi) is 8.60. The molecule has 0 amide bonds. The number of anilines is 4. The summed E-state index contributed by atoms with van der Waals surface area (Å²) in [5.74, 6) is -2.62. The Labute approximate surface area is 341 Å². The van der Waals surface area contributed by atoms with Gasteiger partial charge in [-0.2, -0.15) is 8.78 Å². The molecule has 0 radical (unpaired) electrons. The summed E-state index contributed by atoms with van der Waals surface area (Å²) in [6.45, 7) is 6.88. The maximum atomic E-state index is 17.1. The van der Waals surface area contributed by atoms with E-state index in [9.17, 15) is 0 Å². The monoisotopic (exact) mass is 774 g/mol. The van der Waals surface area contributed by atoms with Crippen LogP contribution in [0.15, 0.2) is 177 Å². The van der Waals surface area contributed by atoms with Crippen molar-refractivity contribution in [2.45, 2.75) is 32.1 Å². The maximum Gasteiger partial charge on any atom is 0.298 e. The highest BCUT2D eigenvalue weighted by molar-refractivity contribution is 6.09. The van der Waals surface area contributed by atoms with Gasteiger partial charge in [0.05, 0.1) is 28.1 Å². The average Bonchev–Trinajstić information content (AvgIpc) is 3.82. The van der Waals surface area contributed by atoms with Gasteiger partial charge in [0, 0.05) is 69.7 Å². The molecule has 59 heavy (non-hydrogen) atoms. The number of alkyl halides is 2. The Hall–Kier alpha value is -7.19. The fraction of sp³-hybridized carbons (Fsp3) is 0.118. The van der Waals surface area contributed by atoms with E-state index in [0.717, 1.165) is 61.2 Å². The van der Waals surface area contributed by atoms with E-state index in [4.69, 9.17) is 4.98 Å². The van der Waals surface area contributed by atoms with Gasteiger partial charge in [-0.15, -0.1) is 0 Å². The van der Waals surface area contributed by atoms with Crippen LogP contribution >= 0.6 is 0 Å². The Morgan fingerprint density at radius 2 is 1.12 bits per heavy atom. The number of para-hydroxylation sites is 4. The molecule has 288 valence electrons. The Morgan fingerprint density at radius 3 is 1.81 bits per heavy atom. The van der Waals surface area contributed by atoms with Crippen LogP contribution in [0.2, 0.25) is 0 Å². The van der Waals surface area contributed by atoms with Gasteiger partial charge in [-0.1, -0.05) is 93.6 Å². The molecule has 0 spiro atoms. The molecule has 6 nitrogen and oxygen atoms in total. The summed E-state index contributed by atoms with van der Waals surface area (Å²) in [6, 6.07) is 46.4. The van der Waals surface area contributed by atoms with Crippen LogP contribution in [0.25, 0.3) is 49.9 Å². The quantitative estimate of drug-likeness (QED) is 0.161. The summed E-state index contributed by atoms with van der Waals surface area (Å²) in [5.41, 5.74) is 10.1. The van der Waals surface area contributed by atoms with Crippen LogP contribution in [0.4, 0.5) is 31.5 Å². The second kappa shape index (κ2) is 14.0. The normalized spacial score (nSPS) is 13.0. The second-order valence-corrected chi connectivity index (χ2v) is 16.0. The van der Waals surface area contributed by atoms with E-state index in [1.165, 1.54) is 6.07 Å². The first-order valence-corrected chi connectivity index (χ1v) is 19.7. The lowest BCUT2D eigenvalue weighted by Crippen LogP contribution is -2.25. The van der Waals surface area contributed by atoms with Crippen molar-refractivity contribution < 1.29 is 8.78 Å². The van der Waals surface area contributed by atoms with Crippen LogP contribution in [0.3, 0.4) is 0 Å². The highest BCUT2D eigenvalue weighted by atomic mass is 19.3. The van der Waals surface area contributed by atoms with Gasteiger partial charge in [0.15, 0.2) is 0 Å². The summed E-state index contributed by atoms with van der Waals surface area (Å²) in [5, 5.41) is 1.88. The van der Waals surface area contributed by atoms with Gasteiger partial charge in [-0.25, -0.2) is 4.98 Å². The van der Waals surface area contributed by atoms with E-state index in [1.54, 1.807) is 55.2 Å². The molecule has 0 saturated heterocycles. The van der Waals surface area contributed by atoms with Crippen molar-refractivity contribution in [1.29, 1.82) is 0 Å². The van der Waals surface area contributed by atoms with Crippen molar-refractivity contribution in [3.8, 4) is 28.1 Å². The molecule has 9 aromatic rings. The summed E-state index contributed by atoms with van der Waals surface area (Å²) in [7, 11) is 0. The van der Waals surface area contributed by atoms with E-state index in [-0.39, 0.29) is 16.5 Å². The van der Waals surface area contributed by atoms with E-state index in [2.05, 4.69) is 76.9 Å². The molecule has 0 N–H and O–H groups in total. The van der Waals surface area contributed by atoms with E-state index in [0.29, 0.717) is 23.7 Å². The SMILES string of the molecule is CC(C)(C)c1ccnc(-n2c3ccccc3c3ccc(C(F)(F)c4cccc(N5CN(c6c(-c7ccncc7)cccc6-c6ccncc6)c6ccccc65)c4)cc32)c1. The number of rotatable bonds is 7. The molecule has 5 aromatic carbocycles. The Balaban J connectivity index is 1.07. The molecule has 8 heteroatoms. The summed E-state index contributed by atoms with van der Waals surface area (Å²) < 4.78 is 36.3. The smallest absolute Gasteiger partial charge is 0.298 e. The molecular formula is C51H40F2N6. The molecule has 0 unspecified atom stereocenters. The standard InChI is InChI=1S/C51H40F2N6/c1-50(2,3)36-24-29-56-48(32-36)59-44-15-5-4-12-42(44)43-19-18-38(31-47(43)59)51(52,53)37-10-8-11-39(30-37)57-33-58(46-17-7-6-16-45(46)57)49-40(34-20-25-54-26-21-34)13-9-14-41(49)35-22-27-55-28-23-35/h4-32H,33H2,1-3H3. The van der Waals surface area contributed by atoms with Crippen molar-refractivity contribution in [3.05, 3.63) is 193 Å². The molecule has 5 heterocycles. The molecule has 0 bridgehead atoms. The lowest BCUT2D eigenvalue weighted by molar-refractivity contribution is 0.0430. The van der Waals surface area contributed by atoms with Crippen LogP contribution in [0.5, 0.6) is 0 Å². The molecular weight excluding hydrogens is 735 g/mol. The van der Waals surface area contributed by atoms with Crippen LogP contribution in [0, 0.1) is 0 Å². The van der Waals surface area contributed by atoms with E-state index in [1.807, 2.05) is 83.4 Å². The van der Waals surface area contributed by atoms with Crippen molar-refractivity contribution in [2.75, 3.05) is 16.5 Å². The average molecular weight is 775 g/mol. The molecule has 0 aliphatic carbocycles. The summed E-state index contributed by atoms with van der Waals surface area (Å²) in [6.07, 6.45) is 9.00. The molecule has 0 saturated carbocycles. The molecule has 0 fully saturated rings. The number of benzene rings is 5. The lowest BCUT2D eigenvalue weighted by atomic mass is 9.88. The first-order chi connectivity index (χ1) is 28.7. The zero-order valence-electron chi connectivity index (χ0n) is 32.9. The predicted molar refractivity (Wildman–Crippen MR) is 235 cm³/mol. The maximum absolute atomic E-state index is 17.1. The Bertz CT molecular complexity index is 2950. The predicted octanol–water partition coefficient (Wildman–Crippen LogP) is 13.0. The third-order valence-electron chi connectivity index (χ3n) is 11.4. The highest BCUT2D eigenvalue weighted by Gasteiger charge is 2.37. The van der Waals surface area contributed by atoms with Crippen molar-refractivity contribution >= 4 is 44.6 Å². The number of halogens is 2. The summed E-state index contributed by atoms with van der Waals surface area (Å²) in [4.78, 5) is 17.7. The zero-order valence-corrected chi connectivity index (χ0v) is 32.9. The first kappa shape index (κ1) is 36.2. The Morgan fingerprint density at radius 1 is 0.508 bits per heavy atom. The third-order valence-corrected chi connectivity index (χ3v) is 11.4. The van der Waals surface area contributed by atoms with Crippen molar-refractivity contribution in [2.24, 2.45) is 0 Å².